The Labute approximate surface area is 277 Å². The average Bonchev–Trinajstić information content (AvgIpc) is 3.32. The molecule has 0 saturated heterocycles. The number of esters is 2. The van der Waals surface area contributed by atoms with Crippen molar-refractivity contribution < 1.29 is 38.0 Å². The van der Waals surface area contributed by atoms with Gasteiger partial charge in [-0.3, -0.25) is 9.36 Å². The van der Waals surface area contributed by atoms with Crippen LogP contribution in [0.2, 0.25) is 0 Å². The number of hydrogen-bond donors (Lipinski definition) is 0. The second-order valence-electron chi connectivity index (χ2n) is 9.33. The lowest BCUT2D eigenvalue weighted by molar-refractivity contribution is -0.143. The molecule has 1 aromatic heterocycles. The average molecular weight is 747 g/mol. The number of thiazole rings is 1. The molecule has 1 aliphatic rings. The van der Waals surface area contributed by atoms with Crippen molar-refractivity contribution in [1.29, 1.82) is 0 Å². The number of halogens is 1. The van der Waals surface area contributed by atoms with Gasteiger partial charge in [0.15, 0.2) is 34.4 Å². The summed E-state index contributed by atoms with van der Waals surface area (Å²) in [6, 6.07) is 7.72. The van der Waals surface area contributed by atoms with Crippen LogP contribution in [-0.2, 0) is 19.1 Å². The number of methoxy groups -OCH3 is 2. The lowest BCUT2D eigenvalue weighted by atomic mass is 9.95. The Kier molecular flexibility index (Phi) is 11.3. The van der Waals surface area contributed by atoms with Gasteiger partial charge in [-0.15, -0.1) is 6.42 Å². The first-order valence-corrected chi connectivity index (χ1v) is 15.7. The summed E-state index contributed by atoms with van der Waals surface area (Å²) in [5.74, 6) is 2.89. The van der Waals surface area contributed by atoms with Gasteiger partial charge in [0.25, 0.3) is 5.56 Å². The van der Waals surface area contributed by atoms with E-state index in [1.165, 1.54) is 30.1 Å². The molecule has 0 saturated carbocycles. The molecule has 1 atom stereocenters. The standard InChI is InChI=1S/C32H31IN2O9S/c1-7-12-43-29-21(33)13-19(14-24(29)39-5)15-25-30(37)35-28(27(31(38)42-9-3)18(4)34-32(35)45-25)20-10-11-22(23(16-20)41-8-2)44-17-26(36)40-6/h1,10-11,13-16,28H,8-9,12,17H2,2-6H3/b25-15-/t28-/m1/s1. The SMILES string of the molecule is C#CCOc1c(I)cc(/C=c2\sc3n(c2=O)[C@H](c2ccc(OCC(=O)OC)c(OCC)c2)C(C(=O)OCC)=C(C)N=3)cc1OC. The highest BCUT2D eigenvalue weighted by atomic mass is 127. The van der Waals surface area contributed by atoms with Gasteiger partial charge in [-0.2, -0.15) is 0 Å². The maximum absolute atomic E-state index is 14.1. The van der Waals surface area contributed by atoms with E-state index in [0.29, 0.717) is 55.8 Å². The zero-order valence-electron chi connectivity index (χ0n) is 25.3. The number of hydrogen-bond acceptors (Lipinski definition) is 11. The summed E-state index contributed by atoms with van der Waals surface area (Å²) >= 11 is 3.31. The first kappa shape index (κ1) is 33.6. The van der Waals surface area contributed by atoms with E-state index in [2.05, 4.69) is 38.2 Å². The molecule has 3 aromatic rings. The van der Waals surface area contributed by atoms with Crippen LogP contribution >= 0.6 is 33.9 Å². The Balaban J connectivity index is 1.89. The van der Waals surface area contributed by atoms with Gasteiger partial charge in [0.1, 0.15) is 6.61 Å². The zero-order valence-corrected chi connectivity index (χ0v) is 28.3. The summed E-state index contributed by atoms with van der Waals surface area (Å²) in [7, 11) is 2.79. The van der Waals surface area contributed by atoms with E-state index in [1.54, 1.807) is 51.1 Å². The van der Waals surface area contributed by atoms with Crippen LogP contribution in [0, 0.1) is 15.9 Å². The second-order valence-corrected chi connectivity index (χ2v) is 11.5. The molecule has 45 heavy (non-hydrogen) atoms. The van der Waals surface area contributed by atoms with Gasteiger partial charge in [0.05, 0.1) is 52.8 Å². The molecule has 0 bridgehead atoms. The lowest BCUT2D eigenvalue weighted by Gasteiger charge is -2.25. The molecule has 13 heteroatoms. The number of ether oxygens (including phenoxy) is 6. The third-order valence-electron chi connectivity index (χ3n) is 6.52. The first-order valence-electron chi connectivity index (χ1n) is 13.8. The molecule has 0 amide bonds. The van der Waals surface area contributed by atoms with Gasteiger partial charge in [-0.25, -0.2) is 14.6 Å². The maximum atomic E-state index is 14.1. The summed E-state index contributed by atoms with van der Waals surface area (Å²) in [6.45, 7) is 5.41. The van der Waals surface area contributed by atoms with Gasteiger partial charge in [-0.1, -0.05) is 23.3 Å². The van der Waals surface area contributed by atoms with Gasteiger partial charge in [-0.05, 0) is 84.8 Å². The van der Waals surface area contributed by atoms with E-state index < -0.39 is 18.0 Å². The molecule has 0 radical (unpaired) electrons. The topological polar surface area (TPSA) is 124 Å². The van der Waals surface area contributed by atoms with Crippen LogP contribution in [0.5, 0.6) is 23.0 Å². The third-order valence-corrected chi connectivity index (χ3v) is 8.31. The quantitative estimate of drug-likeness (QED) is 0.156. The van der Waals surface area contributed by atoms with Crippen LogP contribution in [0.1, 0.15) is 37.9 Å². The highest BCUT2D eigenvalue weighted by Gasteiger charge is 2.34. The van der Waals surface area contributed by atoms with Crippen LogP contribution in [0.25, 0.3) is 6.08 Å². The van der Waals surface area contributed by atoms with E-state index in [9.17, 15) is 14.4 Å². The Bertz CT molecular complexity index is 1870. The number of carbonyl (C=O) groups excluding carboxylic acids is 2. The number of allylic oxidation sites excluding steroid dienone is 1. The van der Waals surface area contributed by atoms with Crippen molar-refractivity contribution in [3.8, 4) is 35.3 Å². The van der Waals surface area contributed by atoms with Crippen molar-refractivity contribution in [2.45, 2.75) is 26.8 Å². The van der Waals surface area contributed by atoms with Crippen LogP contribution in [0.3, 0.4) is 0 Å². The molecule has 1 aliphatic heterocycles. The van der Waals surface area contributed by atoms with Crippen molar-refractivity contribution in [2.24, 2.45) is 4.99 Å². The maximum Gasteiger partial charge on any atom is 0.343 e. The minimum atomic E-state index is -0.884. The van der Waals surface area contributed by atoms with E-state index >= 15 is 0 Å². The van der Waals surface area contributed by atoms with E-state index in [1.807, 2.05) is 6.07 Å². The fourth-order valence-electron chi connectivity index (χ4n) is 4.61. The Hall–Kier alpha value is -4.29. The van der Waals surface area contributed by atoms with Gasteiger partial charge in [0.2, 0.25) is 0 Å². The number of nitrogens with zero attached hydrogens (tertiary/aromatic N) is 2. The van der Waals surface area contributed by atoms with Gasteiger partial charge >= 0.3 is 11.9 Å². The number of aromatic nitrogens is 1. The molecule has 0 fully saturated rings. The van der Waals surface area contributed by atoms with Crippen LogP contribution in [-0.4, -0.2) is 57.2 Å². The molecular formula is C32H31IN2O9S. The summed E-state index contributed by atoms with van der Waals surface area (Å²) in [4.78, 5) is 44.1. The Morgan fingerprint density at radius 2 is 1.87 bits per heavy atom. The summed E-state index contributed by atoms with van der Waals surface area (Å²) < 4.78 is 35.3. The van der Waals surface area contributed by atoms with Crippen molar-refractivity contribution in [3.63, 3.8) is 0 Å². The number of carbonyl (C=O) groups is 2. The monoisotopic (exact) mass is 746 g/mol. The van der Waals surface area contributed by atoms with Gasteiger partial charge in [0, 0.05) is 0 Å². The largest absolute Gasteiger partial charge is 0.493 e. The Morgan fingerprint density at radius 3 is 2.53 bits per heavy atom. The van der Waals surface area contributed by atoms with Crippen molar-refractivity contribution >= 4 is 51.9 Å². The van der Waals surface area contributed by atoms with E-state index in [4.69, 9.17) is 30.1 Å². The fraction of sp³-hybridized carbons (Fsp3) is 0.312. The number of benzene rings is 2. The highest BCUT2D eigenvalue weighted by molar-refractivity contribution is 14.1. The molecule has 0 N–H and O–H groups in total. The van der Waals surface area contributed by atoms with E-state index in [0.717, 1.165) is 3.57 Å². The molecule has 0 spiro atoms. The predicted molar refractivity (Wildman–Crippen MR) is 176 cm³/mol. The molecule has 4 rings (SSSR count). The highest BCUT2D eigenvalue weighted by Crippen LogP contribution is 2.37. The normalized spacial score (nSPS) is 14.2. The van der Waals surface area contributed by atoms with Crippen LogP contribution < -0.4 is 33.8 Å². The fourth-order valence-corrected chi connectivity index (χ4v) is 6.44. The van der Waals surface area contributed by atoms with Crippen LogP contribution in [0.15, 0.2) is 51.4 Å². The molecule has 2 heterocycles. The summed E-state index contributed by atoms with van der Waals surface area (Å²) in [5, 5.41) is 0. The minimum absolute atomic E-state index is 0.0792. The van der Waals surface area contributed by atoms with Crippen molar-refractivity contribution in [3.05, 3.63) is 76.0 Å². The number of terminal acetylenes is 1. The van der Waals surface area contributed by atoms with E-state index in [-0.39, 0.29) is 31.0 Å². The molecule has 0 unspecified atom stereocenters. The lowest BCUT2D eigenvalue weighted by Crippen LogP contribution is -2.40. The van der Waals surface area contributed by atoms with Crippen molar-refractivity contribution in [1.82, 2.24) is 4.57 Å². The molecule has 11 nitrogen and oxygen atoms in total. The number of rotatable bonds is 12. The summed E-state index contributed by atoms with van der Waals surface area (Å²) in [6.07, 6.45) is 7.08. The predicted octanol–water partition coefficient (Wildman–Crippen LogP) is 3.37. The second kappa shape index (κ2) is 15.1. The molecule has 2 aromatic carbocycles. The van der Waals surface area contributed by atoms with Gasteiger partial charge < -0.3 is 28.4 Å². The zero-order chi connectivity index (χ0) is 32.7. The molecule has 0 aliphatic carbocycles. The number of fused-ring (bicyclic) bond motifs is 1. The van der Waals surface area contributed by atoms with Crippen LogP contribution in [0.4, 0.5) is 0 Å². The first-order chi connectivity index (χ1) is 21.7. The summed E-state index contributed by atoms with van der Waals surface area (Å²) in [5.41, 5.74) is 1.52. The molecule has 236 valence electrons. The minimum Gasteiger partial charge on any atom is -0.493 e. The van der Waals surface area contributed by atoms with Crippen molar-refractivity contribution in [2.75, 3.05) is 40.6 Å². The smallest absolute Gasteiger partial charge is 0.343 e. The Morgan fingerprint density at radius 1 is 1.09 bits per heavy atom. The molecular weight excluding hydrogens is 715 g/mol. The third kappa shape index (κ3) is 7.34.